The molecule has 2 aliphatic rings. The van der Waals surface area contributed by atoms with Crippen molar-refractivity contribution < 1.29 is 4.79 Å². The number of carbonyl (C=O) groups excluding carboxylic acids is 1. The van der Waals surface area contributed by atoms with Crippen LogP contribution in [0.5, 0.6) is 0 Å². The number of fused-ring (bicyclic) bond motifs is 2. The van der Waals surface area contributed by atoms with E-state index in [9.17, 15) is 9.59 Å². The lowest BCUT2D eigenvalue weighted by atomic mass is 10.0. The monoisotopic (exact) mass is 441 g/mol. The van der Waals surface area contributed by atoms with Gasteiger partial charge in [0.1, 0.15) is 11.1 Å². The van der Waals surface area contributed by atoms with Crippen molar-refractivity contribution >= 4 is 28.5 Å². The minimum Gasteiger partial charge on any atom is -0.324 e. The van der Waals surface area contributed by atoms with Crippen molar-refractivity contribution in [2.45, 2.75) is 38.8 Å². The van der Waals surface area contributed by atoms with Gasteiger partial charge in [-0.1, -0.05) is 6.07 Å². The highest BCUT2D eigenvalue weighted by molar-refractivity contribution is 5.92. The molecule has 0 atom stereocenters. The van der Waals surface area contributed by atoms with Gasteiger partial charge >= 0.3 is 0 Å². The molecule has 4 heterocycles. The summed E-state index contributed by atoms with van der Waals surface area (Å²) in [4.78, 5) is 38.4. The van der Waals surface area contributed by atoms with E-state index in [0.717, 1.165) is 38.0 Å². The van der Waals surface area contributed by atoms with Gasteiger partial charge in [0.2, 0.25) is 5.95 Å². The van der Waals surface area contributed by atoms with Gasteiger partial charge in [-0.25, -0.2) is 14.3 Å². The maximum absolute atomic E-state index is 13.2. The number of carbonyl (C=O) groups is 1. The highest BCUT2D eigenvalue weighted by atomic mass is 16.1. The summed E-state index contributed by atoms with van der Waals surface area (Å²) in [6.45, 7) is 3.33. The number of anilines is 2. The Bertz CT molecular complexity index is 1470. The van der Waals surface area contributed by atoms with Crippen LogP contribution in [0.2, 0.25) is 0 Å². The number of aromatic nitrogens is 5. The fourth-order valence-corrected chi connectivity index (χ4v) is 4.38. The van der Waals surface area contributed by atoms with E-state index in [-0.39, 0.29) is 17.4 Å². The van der Waals surface area contributed by atoms with Crippen molar-refractivity contribution in [3.8, 4) is 5.69 Å². The van der Waals surface area contributed by atoms with Crippen LogP contribution in [0.4, 0.5) is 11.6 Å². The van der Waals surface area contributed by atoms with Crippen molar-refractivity contribution in [3.05, 3.63) is 69.9 Å². The molecule has 0 amide bonds. The Morgan fingerprint density at radius 1 is 1.15 bits per heavy atom. The zero-order valence-corrected chi connectivity index (χ0v) is 18.2. The highest BCUT2D eigenvalue weighted by Crippen LogP contribution is 2.35. The summed E-state index contributed by atoms with van der Waals surface area (Å²) in [6, 6.07) is 9.87. The number of pyridine rings is 1. The van der Waals surface area contributed by atoms with Gasteiger partial charge < -0.3 is 10.6 Å². The summed E-state index contributed by atoms with van der Waals surface area (Å²) in [6.07, 6.45) is 6.02. The summed E-state index contributed by atoms with van der Waals surface area (Å²) in [5.41, 5.74) is 4.94. The number of benzene rings is 1. The SMILES string of the molecule is CC(=O)c1cc(-n2c3nc(Nc4ccc5c(c4)CCNC5)ncc3c(=O)n2C2CC2)ccn1. The quantitative estimate of drug-likeness (QED) is 0.459. The molecule has 2 N–H and O–H groups in total. The van der Waals surface area contributed by atoms with Crippen molar-refractivity contribution in [3.63, 3.8) is 0 Å². The maximum Gasteiger partial charge on any atom is 0.278 e. The predicted molar refractivity (Wildman–Crippen MR) is 124 cm³/mol. The van der Waals surface area contributed by atoms with Gasteiger partial charge in [0.25, 0.3) is 5.56 Å². The zero-order valence-electron chi connectivity index (χ0n) is 18.2. The van der Waals surface area contributed by atoms with Crippen LogP contribution in [0.3, 0.4) is 0 Å². The summed E-state index contributed by atoms with van der Waals surface area (Å²) >= 11 is 0. The molecule has 0 unspecified atom stereocenters. The number of ketones is 1. The predicted octanol–water partition coefficient (Wildman–Crippen LogP) is 2.90. The standard InChI is InChI=1S/C24H23N7O2/c1-14(32)21-11-19(7-9-26-21)30-22-20(23(33)31(30)18-4-5-18)13-27-24(29-22)28-17-3-2-16-12-25-8-6-15(16)10-17/h2-3,7,9-11,13,18,25H,4-6,8,12H2,1H3,(H,27,28,29). The number of hydrogen-bond donors (Lipinski definition) is 2. The Kier molecular flexibility index (Phi) is 4.58. The van der Waals surface area contributed by atoms with Gasteiger partial charge in [0.05, 0.1) is 11.7 Å². The van der Waals surface area contributed by atoms with Gasteiger partial charge in [0, 0.05) is 31.5 Å². The average molecular weight is 441 g/mol. The molecule has 0 saturated heterocycles. The summed E-state index contributed by atoms with van der Waals surface area (Å²) in [7, 11) is 0. The van der Waals surface area contributed by atoms with Gasteiger partial charge in [-0.15, -0.1) is 0 Å². The first-order valence-corrected chi connectivity index (χ1v) is 11.2. The molecule has 0 radical (unpaired) electrons. The largest absolute Gasteiger partial charge is 0.324 e. The van der Waals surface area contributed by atoms with Gasteiger partial charge in [-0.05, 0) is 61.2 Å². The number of nitrogens with one attached hydrogen (secondary N) is 2. The molecule has 3 aromatic heterocycles. The van der Waals surface area contributed by atoms with E-state index in [0.29, 0.717) is 28.4 Å². The minimum absolute atomic E-state index is 0.117. The molecule has 9 heteroatoms. The zero-order chi connectivity index (χ0) is 22.5. The highest BCUT2D eigenvalue weighted by Gasteiger charge is 2.31. The van der Waals surface area contributed by atoms with E-state index in [4.69, 9.17) is 4.98 Å². The molecule has 166 valence electrons. The Morgan fingerprint density at radius 3 is 2.85 bits per heavy atom. The molecule has 4 aromatic rings. The molecule has 1 aliphatic carbocycles. The molecule has 33 heavy (non-hydrogen) atoms. The van der Waals surface area contributed by atoms with E-state index in [1.807, 2.05) is 6.07 Å². The molecule has 0 spiro atoms. The topological polar surface area (TPSA) is 107 Å². The van der Waals surface area contributed by atoms with Crippen LogP contribution >= 0.6 is 0 Å². The second kappa shape index (κ2) is 7.63. The van der Waals surface area contributed by atoms with E-state index >= 15 is 0 Å². The molecule has 1 saturated carbocycles. The van der Waals surface area contributed by atoms with E-state index in [2.05, 4.69) is 32.7 Å². The number of nitrogens with zero attached hydrogens (tertiary/aromatic N) is 5. The minimum atomic E-state index is -0.131. The first kappa shape index (κ1) is 19.8. The lowest BCUT2D eigenvalue weighted by molar-refractivity contribution is 0.101. The number of Topliss-reactive ketones (excluding diaryl/α,β-unsaturated/α-hetero) is 1. The summed E-state index contributed by atoms with van der Waals surface area (Å²) < 4.78 is 3.53. The second-order valence-electron chi connectivity index (χ2n) is 8.61. The molecular formula is C24H23N7O2. The van der Waals surface area contributed by atoms with Crippen LogP contribution in [0, 0.1) is 0 Å². The molecule has 6 rings (SSSR count). The number of rotatable bonds is 5. The summed E-state index contributed by atoms with van der Waals surface area (Å²) in [5, 5.41) is 7.12. The Labute approximate surface area is 189 Å². The van der Waals surface area contributed by atoms with E-state index in [1.165, 1.54) is 18.1 Å². The Morgan fingerprint density at radius 2 is 2.03 bits per heavy atom. The molecule has 1 fully saturated rings. The molecular weight excluding hydrogens is 418 g/mol. The van der Waals surface area contributed by atoms with Crippen LogP contribution < -0.4 is 16.2 Å². The van der Waals surface area contributed by atoms with E-state index in [1.54, 1.807) is 33.9 Å². The second-order valence-corrected chi connectivity index (χ2v) is 8.61. The lowest BCUT2D eigenvalue weighted by Gasteiger charge is -2.18. The van der Waals surface area contributed by atoms with Crippen molar-refractivity contribution in [1.29, 1.82) is 0 Å². The maximum atomic E-state index is 13.2. The molecule has 0 bridgehead atoms. The van der Waals surface area contributed by atoms with Crippen LogP contribution in [0.25, 0.3) is 16.7 Å². The van der Waals surface area contributed by atoms with Gasteiger partial charge in [-0.3, -0.25) is 14.6 Å². The molecule has 9 nitrogen and oxygen atoms in total. The fraction of sp³-hybridized carbons (Fsp3) is 0.292. The Hall–Kier alpha value is -3.85. The third-order valence-electron chi connectivity index (χ3n) is 6.21. The normalized spacial score (nSPS) is 15.4. The lowest BCUT2D eigenvalue weighted by Crippen LogP contribution is -2.23. The first-order chi connectivity index (χ1) is 16.1. The smallest absolute Gasteiger partial charge is 0.278 e. The van der Waals surface area contributed by atoms with Crippen LogP contribution in [-0.4, -0.2) is 36.6 Å². The van der Waals surface area contributed by atoms with Gasteiger partial charge in [-0.2, -0.15) is 4.98 Å². The average Bonchev–Trinajstić information content (AvgIpc) is 3.63. The number of hydrogen-bond acceptors (Lipinski definition) is 7. The van der Waals surface area contributed by atoms with Crippen molar-refractivity contribution in [2.75, 3.05) is 11.9 Å². The van der Waals surface area contributed by atoms with E-state index < -0.39 is 0 Å². The third kappa shape index (κ3) is 3.50. The van der Waals surface area contributed by atoms with Crippen LogP contribution in [0.1, 0.15) is 47.4 Å². The first-order valence-electron chi connectivity index (χ1n) is 11.2. The molecule has 1 aromatic carbocycles. The van der Waals surface area contributed by atoms with Gasteiger partial charge in [0.15, 0.2) is 11.4 Å². The molecule has 1 aliphatic heterocycles. The fourth-order valence-electron chi connectivity index (χ4n) is 4.38. The van der Waals surface area contributed by atoms with Crippen LogP contribution in [0.15, 0.2) is 47.5 Å². The Balaban J connectivity index is 1.46. The van der Waals surface area contributed by atoms with Crippen LogP contribution in [-0.2, 0) is 13.0 Å². The van der Waals surface area contributed by atoms with Crippen molar-refractivity contribution in [1.82, 2.24) is 29.6 Å². The third-order valence-corrected chi connectivity index (χ3v) is 6.21. The summed E-state index contributed by atoms with van der Waals surface area (Å²) in [5.74, 6) is 0.284. The van der Waals surface area contributed by atoms with Crippen molar-refractivity contribution in [2.24, 2.45) is 0 Å².